The van der Waals surface area contributed by atoms with Crippen molar-refractivity contribution in [2.24, 2.45) is 0 Å². The lowest BCUT2D eigenvalue weighted by Crippen LogP contribution is -2.50. The summed E-state index contributed by atoms with van der Waals surface area (Å²) in [6.45, 7) is 5.10. The third-order valence-corrected chi connectivity index (χ3v) is 5.84. The summed E-state index contributed by atoms with van der Waals surface area (Å²) in [6.07, 6.45) is 0. The molecule has 3 rings (SSSR count). The second-order valence-corrected chi connectivity index (χ2v) is 8.08. The fourth-order valence-corrected chi connectivity index (χ4v) is 4.09. The van der Waals surface area contributed by atoms with Crippen LogP contribution in [0.25, 0.3) is 0 Å². The average Bonchev–Trinajstić information content (AvgIpc) is 2.69. The third-order valence-electron chi connectivity index (χ3n) is 4.48. The Hall–Kier alpha value is -1.85. The van der Waals surface area contributed by atoms with Crippen LogP contribution in [0, 0.1) is 0 Å². The minimum Gasteiger partial charge on any atom is -0.497 e. The predicted octanol–water partition coefficient (Wildman–Crippen LogP) is 4.18. The molecule has 1 fully saturated rings. The van der Waals surface area contributed by atoms with Crippen LogP contribution in [-0.2, 0) is 4.79 Å². The summed E-state index contributed by atoms with van der Waals surface area (Å²) in [5.41, 5.74) is 1.14. The maximum Gasteiger partial charge on any atom is 0.235 e. The van der Waals surface area contributed by atoms with Gasteiger partial charge < -0.3 is 14.5 Å². The Morgan fingerprint density at radius 1 is 1.12 bits per heavy atom. The standard InChI is InChI=1S/C20H23ClN2O2S/c1-15(26-19-8-6-16(21)7-9-19)20(24)23-12-10-22(11-13-23)17-4-3-5-18(14-17)25-2/h3-9,14-15H,10-13H2,1-2H3/t15-/m1/s1. The van der Waals surface area contributed by atoms with Crippen molar-refractivity contribution in [2.75, 3.05) is 38.2 Å². The number of hydrogen-bond donors (Lipinski definition) is 0. The van der Waals surface area contributed by atoms with Crippen LogP contribution in [0.2, 0.25) is 5.02 Å². The van der Waals surface area contributed by atoms with Gasteiger partial charge >= 0.3 is 0 Å². The van der Waals surface area contributed by atoms with Gasteiger partial charge in [-0.05, 0) is 43.3 Å². The largest absolute Gasteiger partial charge is 0.497 e. The number of nitrogens with zero attached hydrogens (tertiary/aromatic N) is 2. The van der Waals surface area contributed by atoms with Gasteiger partial charge in [0.25, 0.3) is 0 Å². The predicted molar refractivity (Wildman–Crippen MR) is 109 cm³/mol. The molecule has 0 radical (unpaired) electrons. The molecule has 1 atom stereocenters. The molecule has 4 nitrogen and oxygen atoms in total. The van der Waals surface area contributed by atoms with E-state index >= 15 is 0 Å². The van der Waals surface area contributed by atoms with Gasteiger partial charge in [-0.1, -0.05) is 17.7 Å². The first-order valence-corrected chi connectivity index (χ1v) is 9.92. The van der Waals surface area contributed by atoms with Crippen molar-refractivity contribution in [1.29, 1.82) is 0 Å². The molecule has 0 saturated carbocycles. The Balaban J connectivity index is 1.55. The second-order valence-electron chi connectivity index (χ2n) is 6.23. The monoisotopic (exact) mass is 390 g/mol. The highest BCUT2D eigenvalue weighted by molar-refractivity contribution is 8.00. The molecule has 1 aliphatic rings. The van der Waals surface area contributed by atoms with Gasteiger partial charge in [0.2, 0.25) is 5.91 Å². The summed E-state index contributed by atoms with van der Waals surface area (Å²) in [7, 11) is 1.68. The van der Waals surface area contributed by atoms with E-state index < -0.39 is 0 Å². The fraction of sp³-hybridized carbons (Fsp3) is 0.350. The number of piperazine rings is 1. The lowest BCUT2D eigenvalue weighted by Gasteiger charge is -2.37. The molecule has 1 heterocycles. The fourth-order valence-electron chi connectivity index (χ4n) is 3.02. The molecule has 0 aromatic heterocycles. The molecule has 138 valence electrons. The highest BCUT2D eigenvalue weighted by Crippen LogP contribution is 2.27. The van der Waals surface area contributed by atoms with Crippen molar-refractivity contribution in [2.45, 2.75) is 17.1 Å². The molecule has 0 bridgehead atoms. The van der Waals surface area contributed by atoms with Gasteiger partial charge in [0, 0.05) is 47.9 Å². The number of benzene rings is 2. The minimum absolute atomic E-state index is 0.112. The Labute approximate surface area is 164 Å². The van der Waals surface area contributed by atoms with Crippen LogP contribution in [0.4, 0.5) is 5.69 Å². The van der Waals surface area contributed by atoms with Gasteiger partial charge in [0.1, 0.15) is 5.75 Å². The zero-order valence-corrected chi connectivity index (χ0v) is 16.6. The Kier molecular flexibility index (Phi) is 6.33. The summed E-state index contributed by atoms with van der Waals surface area (Å²) in [5.74, 6) is 1.05. The minimum atomic E-state index is -0.112. The molecular weight excluding hydrogens is 368 g/mol. The van der Waals surface area contributed by atoms with Crippen LogP contribution >= 0.6 is 23.4 Å². The van der Waals surface area contributed by atoms with E-state index in [2.05, 4.69) is 11.0 Å². The number of carbonyl (C=O) groups excluding carboxylic acids is 1. The van der Waals surface area contributed by atoms with Crippen molar-refractivity contribution < 1.29 is 9.53 Å². The van der Waals surface area contributed by atoms with Crippen LogP contribution in [0.3, 0.4) is 0 Å². The summed E-state index contributed by atoms with van der Waals surface area (Å²) >= 11 is 7.49. The molecule has 1 amide bonds. The molecule has 0 N–H and O–H groups in total. The number of thioether (sulfide) groups is 1. The van der Waals surface area contributed by atoms with E-state index in [1.165, 1.54) is 0 Å². The lowest BCUT2D eigenvalue weighted by molar-refractivity contribution is -0.130. The maximum atomic E-state index is 12.8. The molecule has 2 aromatic carbocycles. The Morgan fingerprint density at radius 2 is 1.81 bits per heavy atom. The normalized spacial score (nSPS) is 15.7. The molecule has 1 saturated heterocycles. The van der Waals surface area contributed by atoms with E-state index in [1.807, 2.05) is 54.3 Å². The van der Waals surface area contributed by atoms with Gasteiger partial charge in [0.05, 0.1) is 12.4 Å². The van der Waals surface area contributed by atoms with E-state index in [0.717, 1.165) is 42.5 Å². The smallest absolute Gasteiger partial charge is 0.235 e. The van der Waals surface area contributed by atoms with Gasteiger partial charge in [-0.2, -0.15) is 0 Å². The number of methoxy groups -OCH3 is 1. The summed E-state index contributed by atoms with van der Waals surface area (Å²) in [5, 5.41) is 0.599. The molecule has 2 aromatic rings. The number of ether oxygens (including phenoxy) is 1. The van der Waals surface area contributed by atoms with Crippen LogP contribution < -0.4 is 9.64 Å². The SMILES string of the molecule is COc1cccc(N2CCN(C(=O)[C@@H](C)Sc3ccc(Cl)cc3)CC2)c1. The van der Waals surface area contributed by atoms with Gasteiger partial charge in [-0.15, -0.1) is 11.8 Å². The zero-order valence-electron chi connectivity index (χ0n) is 15.0. The number of halogens is 1. The molecule has 26 heavy (non-hydrogen) atoms. The van der Waals surface area contributed by atoms with E-state index in [-0.39, 0.29) is 11.2 Å². The van der Waals surface area contributed by atoms with Gasteiger partial charge in [-0.25, -0.2) is 0 Å². The first kappa shape index (κ1) is 18.9. The van der Waals surface area contributed by atoms with E-state index in [4.69, 9.17) is 16.3 Å². The van der Waals surface area contributed by atoms with Gasteiger partial charge in [-0.3, -0.25) is 4.79 Å². The molecule has 6 heteroatoms. The third kappa shape index (κ3) is 4.65. The van der Waals surface area contributed by atoms with Gasteiger partial charge in [0.15, 0.2) is 0 Å². The van der Waals surface area contributed by atoms with Crippen molar-refractivity contribution in [3.63, 3.8) is 0 Å². The quantitative estimate of drug-likeness (QED) is 0.717. The first-order valence-electron chi connectivity index (χ1n) is 8.67. The highest BCUT2D eigenvalue weighted by Gasteiger charge is 2.25. The van der Waals surface area contributed by atoms with Crippen molar-refractivity contribution in [3.05, 3.63) is 53.6 Å². The van der Waals surface area contributed by atoms with E-state index in [1.54, 1.807) is 18.9 Å². The second kappa shape index (κ2) is 8.69. The van der Waals surface area contributed by atoms with Crippen molar-refractivity contribution in [3.8, 4) is 5.75 Å². The summed E-state index contributed by atoms with van der Waals surface area (Å²) < 4.78 is 5.30. The molecular formula is C20H23ClN2O2S. The van der Waals surface area contributed by atoms with Crippen molar-refractivity contribution >= 4 is 35.0 Å². The average molecular weight is 391 g/mol. The van der Waals surface area contributed by atoms with Crippen LogP contribution in [-0.4, -0.2) is 49.3 Å². The number of amides is 1. The van der Waals surface area contributed by atoms with E-state index in [9.17, 15) is 4.79 Å². The first-order chi connectivity index (χ1) is 12.6. The van der Waals surface area contributed by atoms with E-state index in [0.29, 0.717) is 5.02 Å². The topological polar surface area (TPSA) is 32.8 Å². The van der Waals surface area contributed by atoms with Crippen LogP contribution in [0.1, 0.15) is 6.92 Å². The zero-order chi connectivity index (χ0) is 18.5. The molecule has 0 spiro atoms. The number of carbonyl (C=O) groups is 1. The Bertz CT molecular complexity index is 746. The van der Waals surface area contributed by atoms with Crippen molar-refractivity contribution in [1.82, 2.24) is 4.90 Å². The molecule has 1 aliphatic heterocycles. The molecule has 0 unspecified atom stereocenters. The summed E-state index contributed by atoms with van der Waals surface area (Å²) in [4.78, 5) is 18.1. The number of hydrogen-bond acceptors (Lipinski definition) is 4. The van der Waals surface area contributed by atoms with Crippen LogP contribution in [0.15, 0.2) is 53.4 Å². The lowest BCUT2D eigenvalue weighted by atomic mass is 10.2. The molecule has 0 aliphatic carbocycles. The Morgan fingerprint density at radius 3 is 2.46 bits per heavy atom. The maximum absolute atomic E-state index is 12.8. The highest BCUT2D eigenvalue weighted by atomic mass is 35.5. The van der Waals surface area contributed by atoms with Crippen LogP contribution in [0.5, 0.6) is 5.75 Å². The summed E-state index contributed by atoms with van der Waals surface area (Å²) in [6, 6.07) is 15.7. The number of anilines is 1. The number of rotatable bonds is 5.